The van der Waals surface area contributed by atoms with Crippen LogP contribution in [-0.4, -0.2) is 18.5 Å². The molecule has 1 rings (SSSR count). The van der Waals surface area contributed by atoms with Crippen molar-refractivity contribution >= 4 is 15.9 Å². The monoisotopic (exact) mass is 286 g/mol. The lowest BCUT2D eigenvalue weighted by Crippen LogP contribution is -2.09. The molecular weight excluding hydrogens is 268 g/mol. The Morgan fingerprint density at radius 3 is 2.19 bits per heavy atom. The summed E-state index contributed by atoms with van der Waals surface area (Å²) >= 11 is 3.43. The first-order valence-corrected chi connectivity index (χ1v) is 6.80. The third-order valence-electron chi connectivity index (χ3n) is 2.09. The minimum Gasteiger partial charge on any atom is -0.494 e. The van der Waals surface area contributed by atoms with Crippen LogP contribution in [0.5, 0.6) is 11.5 Å². The Balaban J connectivity index is 2.38. The van der Waals surface area contributed by atoms with E-state index in [2.05, 4.69) is 29.8 Å². The van der Waals surface area contributed by atoms with Gasteiger partial charge in [-0.2, -0.15) is 0 Å². The minimum absolute atomic E-state index is 0.524. The highest BCUT2D eigenvalue weighted by Gasteiger charge is 2.01. The number of alkyl halides is 1. The molecule has 0 radical (unpaired) electrons. The minimum atomic E-state index is 0.524. The number of benzene rings is 1. The average molecular weight is 287 g/mol. The Labute approximate surface area is 106 Å². The molecule has 0 aliphatic rings. The van der Waals surface area contributed by atoms with Crippen LogP contribution in [0.2, 0.25) is 0 Å². The van der Waals surface area contributed by atoms with Gasteiger partial charge in [0.2, 0.25) is 0 Å². The molecule has 1 unspecified atom stereocenters. The van der Waals surface area contributed by atoms with Gasteiger partial charge in [-0.25, -0.2) is 0 Å². The molecule has 16 heavy (non-hydrogen) atoms. The topological polar surface area (TPSA) is 18.5 Å². The Hall–Kier alpha value is -0.700. The van der Waals surface area contributed by atoms with Gasteiger partial charge in [0.1, 0.15) is 11.5 Å². The normalized spacial score (nSPS) is 12.2. The van der Waals surface area contributed by atoms with E-state index < -0.39 is 0 Å². The zero-order valence-electron chi connectivity index (χ0n) is 9.91. The van der Waals surface area contributed by atoms with E-state index in [0.717, 1.165) is 36.5 Å². The molecule has 3 heteroatoms. The van der Waals surface area contributed by atoms with Gasteiger partial charge in [-0.3, -0.25) is 0 Å². The van der Waals surface area contributed by atoms with Gasteiger partial charge in [0, 0.05) is 5.33 Å². The highest BCUT2D eigenvalue weighted by molar-refractivity contribution is 9.09. The van der Waals surface area contributed by atoms with Crippen molar-refractivity contribution in [1.29, 1.82) is 0 Å². The summed E-state index contributed by atoms with van der Waals surface area (Å²) in [6.07, 6.45) is 1.03. The Bertz CT molecular complexity index is 284. The molecule has 0 aliphatic heterocycles. The number of hydrogen-bond donors (Lipinski definition) is 0. The molecule has 1 aromatic carbocycles. The van der Waals surface area contributed by atoms with E-state index in [1.807, 2.05) is 24.3 Å². The highest BCUT2D eigenvalue weighted by atomic mass is 79.9. The first-order chi connectivity index (χ1) is 7.76. The smallest absolute Gasteiger partial charge is 0.119 e. The summed E-state index contributed by atoms with van der Waals surface area (Å²) in [6, 6.07) is 7.80. The van der Waals surface area contributed by atoms with Crippen molar-refractivity contribution in [3.8, 4) is 11.5 Å². The van der Waals surface area contributed by atoms with Gasteiger partial charge in [0.25, 0.3) is 0 Å². The van der Waals surface area contributed by atoms with Crippen LogP contribution in [0.25, 0.3) is 0 Å². The lowest BCUT2D eigenvalue weighted by atomic mass is 10.2. The van der Waals surface area contributed by atoms with E-state index in [4.69, 9.17) is 9.47 Å². The molecule has 0 amide bonds. The van der Waals surface area contributed by atoms with Gasteiger partial charge in [0.05, 0.1) is 13.2 Å². The second-order valence-electron chi connectivity index (χ2n) is 3.89. The second-order valence-corrected chi connectivity index (χ2v) is 4.54. The van der Waals surface area contributed by atoms with Crippen molar-refractivity contribution in [3.05, 3.63) is 24.3 Å². The molecule has 0 bridgehead atoms. The van der Waals surface area contributed by atoms with Crippen LogP contribution in [0.4, 0.5) is 0 Å². The van der Waals surface area contributed by atoms with E-state index in [1.165, 1.54) is 0 Å². The zero-order chi connectivity index (χ0) is 11.8. The third kappa shape index (κ3) is 4.88. The van der Waals surface area contributed by atoms with E-state index in [-0.39, 0.29) is 0 Å². The van der Waals surface area contributed by atoms with Crippen molar-refractivity contribution in [1.82, 2.24) is 0 Å². The number of hydrogen-bond acceptors (Lipinski definition) is 2. The maximum absolute atomic E-state index is 5.63. The van der Waals surface area contributed by atoms with E-state index in [1.54, 1.807) is 0 Å². The first-order valence-electron chi connectivity index (χ1n) is 5.68. The van der Waals surface area contributed by atoms with Crippen molar-refractivity contribution in [3.63, 3.8) is 0 Å². The lowest BCUT2D eigenvalue weighted by molar-refractivity contribution is 0.273. The van der Waals surface area contributed by atoms with Crippen LogP contribution in [0.3, 0.4) is 0 Å². The summed E-state index contributed by atoms with van der Waals surface area (Å²) < 4.78 is 11.1. The van der Waals surface area contributed by atoms with Crippen molar-refractivity contribution < 1.29 is 9.47 Å². The standard InChI is InChI=1S/C13H19BrO2/c1-3-8-15-12-4-6-13(7-5-12)16-10-11(2)9-14/h4-7,11H,3,8-10H2,1-2H3. The van der Waals surface area contributed by atoms with E-state index in [0.29, 0.717) is 5.92 Å². The summed E-state index contributed by atoms with van der Waals surface area (Å²) in [6.45, 7) is 5.74. The molecule has 0 saturated heterocycles. The average Bonchev–Trinajstić information content (AvgIpc) is 2.34. The van der Waals surface area contributed by atoms with Gasteiger partial charge in [-0.05, 0) is 36.6 Å². The van der Waals surface area contributed by atoms with Crippen LogP contribution in [0.1, 0.15) is 20.3 Å². The SMILES string of the molecule is CCCOc1ccc(OCC(C)CBr)cc1. The summed E-state index contributed by atoms with van der Waals surface area (Å²) in [7, 11) is 0. The fraction of sp³-hybridized carbons (Fsp3) is 0.538. The molecule has 90 valence electrons. The summed E-state index contributed by atoms with van der Waals surface area (Å²) in [5.74, 6) is 2.33. The fourth-order valence-electron chi connectivity index (χ4n) is 1.14. The Morgan fingerprint density at radius 1 is 1.12 bits per heavy atom. The van der Waals surface area contributed by atoms with Crippen molar-refractivity contribution in [2.24, 2.45) is 5.92 Å². The Morgan fingerprint density at radius 2 is 1.69 bits per heavy atom. The quantitative estimate of drug-likeness (QED) is 0.708. The van der Waals surface area contributed by atoms with Crippen LogP contribution >= 0.6 is 15.9 Å². The zero-order valence-corrected chi connectivity index (χ0v) is 11.5. The molecule has 2 nitrogen and oxygen atoms in total. The number of ether oxygens (including phenoxy) is 2. The van der Waals surface area contributed by atoms with E-state index in [9.17, 15) is 0 Å². The van der Waals surface area contributed by atoms with Gasteiger partial charge in [0.15, 0.2) is 0 Å². The molecule has 0 fully saturated rings. The van der Waals surface area contributed by atoms with Crippen LogP contribution in [-0.2, 0) is 0 Å². The third-order valence-corrected chi connectivity index (χ3v) is 3.20. The molecule has 1 atom stereocenters. The first kappa shape index (κ1) is 13.4. The molecule has 1 aromatic rings. The Kier molecular flexibility index (Phi) is 6.31. The van der Waals surface area contributed by atoms with E-state index >= 15 is 0 Å². The summed E-state index contributed by atoms with van der Waals surface area (Å²) in [4.78, 5) is 0. The predicted octanol–water partition coefficient (Wildman–Crippen LogP) is 3.89. The van der Waals surface area contributed by atoms with Gasteiger partial charge < -0.3 is 9.47 Å². The molecule has 0 aliphatic carbocycles. The predicted molar refractivity (Wildman–Crippen MR) is 70.7 cm³/mol. The molecule has 0 aromatic heterocycles. The molecule has 0 spiro atoms. The lowest BCUT2D eigenvalue weighted by Gasteiger charge is -2.11. The summed E-state index contributed by atoms with van der Waals surface area (Å²) in [5.41, 5.74) is 0. The molecule has 0 saturated carbocycles. The largest absolute Gasteiger partial charge is 0.494 e. The fourth-order valence-corrected chi connectivity index (χ4v) is 1.32. The molecular formula is C13H19BrO2. The van der Waals surface area contributed by atoms with Crippen LogP contribution in [0.15, 0.2) is 24.3 Å². The van der Waals surface area contributed by atoms with Gasteiger partial charge in [-0.1, -0.05) is 29.8 Å². The van der Waals surface area contributed by atoms with Gasteiger partial charge in [-0.15, -0.1) is 0 Å². The highest BCUT2D eigenvalue weighted by Crippen LogP contribution is 2.18. The second kappa shape index (κ2) is 7.55. The maximum atomic E-state index is 5.63. The summed E-state index contributed by atoms with van der Waals surface area (Å²) in [5, 5.41) is 0.963. The number of rotatable bonds is 7. The van der Waals surface area contributed by atoms with Crippen molar-refractivity contribution in [2.75, 3.05) is 18.5 Å². The van der Waals surface area contributed by atoms with Crippen LogP contribution in [0, 0.1) is 5.92 Å². The van der Waals surface area contributed by atoms with Crippen molar-refractivity contribution in [2.45, 2.75) is 20.3 Å². The molecule has 0 heterocycles. The van der Waals surface area contributed by atoms with Gasteiger partial charge >= 0.3 is 0 Å². The van der Waals surface area contributed by atoms with Crippen LogP contribution < -0.4 is 9.47 Å². The number of halogens is 1. The molecule has 0 N–H and O–H groups in total. The maximum Gasteiger partial charge on any atom is 0.119 e.